The van der Waals surface area contributed by atoms with Crippen LogP contribution in [0.3, 0.4) is 0 Å². The first kappa shape index (κ1) is 14.8. The minimum absolute atomic E-state index is 0.110. The lowest BCUT2D eigenvalue weighted by molar-refractivity contribution is -0.137. The van der Waals surface area contributed by atoms with Gasteiger partial charge >= 0.3 is 5.97 Å². The Morgan fingerprint density at radius 1 is 1.24 bits per heavy atom. The number of carboxylic acids is 1. The summed E-state index contributed by atoms with van der Waals surface area (Å²) >= 11 is 0. The lowest BCUT2D eigenvalue weighted by Crippen LogP contribution is -2.36. The maximum atomic E-state index is 11.9. The fraction of sp³-hybridized carbons (Fsp3) is 0.200. The van der Waals surface area contributed by atoms with E-state index >= 15 is 0 Å². The highest BCUT2D eigenvalue weighted by Crippen LogP contribution is 2.15. The Hall–Kier alpha value is -2.60. The van der Waals surface area contributed by atoms with Crippen molar-refractivity contribution in [2.75, 3.05) is 5.32 Å². The van der Waals surface area contributed by atoms with Crippen molar-refractivity contribution in [2.45, 2.75) is 18.9 Å². The van der Waals surface area contributed by atoms with Crippen LogP contribution in [0.15, 0.2) is 48.8 Å². The number of aromatic nitrogens is 1. The van der Waals surface area contributed by atoms with Gasteiger partial charge in [-0.3, -0.25) is 9.59 Å². The van der Waals surface area contributed by atoms with E-state index in [0.29, 0.717) is 5.69 Å². The van der Waals surface area contributed by atoms with Crippen LogP contribution in [0.25, 0.3) is 5.69 Å². The fourth-order valence-corrected chi connectivity index (χ4v) is 1.90. The van der Waals surface area contributed by atoms with Crippen molar-refractivity contribution in [1.82, 2.24) is 4.57 Å². The summed E-state index contributed by atoms with van der Waals surface area (Å²) in [4.78, 5) is 22.4. The lowest BCUT2D eigenvalue weighted by Gasteiger charge is -2.12. The molecule has 1 atom stereocenters. The topological polar surface area (TPSA) is 97.4 Å². The van der Waals surface area contributed by atoms with Crippen LogP contribution in [0.1, 0.15) is 12.8 Å². The maximum absolute atomic E-state index is 11.9. The number of nitrogens with two attached hydrogens (primary N) is 1. The molecule has 0 aliphatic rings. The first-order chi connectivity index (χ1) is 10.1. The number of hydrogen-bond acceptors (Lipinski definition) is 3. The summed E-state index contributed by atoms with van der Waals surface area (Å²) in [6.45, 7) is 0. The second kappa shape index (κ2) is 6.71. The molecule has 0 bridgehead atoms. The van der Waals surface area contributed by atoms with Crippen LogP contribution in [-0.4, -0.2) is 27.6 Å². The van der Waals surface area contributed by atoms with Gasteiger partial charge in [-0.15, -0.1) is 0 Å². The van der Waals surface area contributed by atoms with E-state index in [1.807, 2.05) is 47.3 Å². The smallest absolute Gasteiger partial charge is 0.303 e. The molecular weight excluding hydrogens is 270 g/mol. The number of amides is 1. The first-order valence-corrected chi connectivity index (χ1v) is 6.58. The standard InChI is InChI=1S/C15H17N3O3/c16-13(6-7-14(19)20)15(21)17-11-4-3-5-12(10-11)18-8-1-2-9-18/h1-5,8-10,13H,6-7,16H2,(H,17,21)(H,19,20). The second-order valence-electron chi connectivity index (χ2n) is 4.67. The van der Waals surface area contributed by atoms with Gasteiger partial charge in [-0.05, 0) is 36.8 Å². The van der Waals surface area contributed by atoms with Gasteiger partial charge in [-0.25, -0.2) is 0 Å². The van der Waals surface area contributed by atoms with Crippen molar-refractivity contribution in [2.24, 2.45) is 5.73 Å². The second-order valence-corrected chi connectivity index (χ2v) is 4.67. The molecule has 21 heavy (non-hydrogen) atoms. The molecule has 0 fully saturated rings. The lowest BCUT2D eigenvalue weighted by atomic mass is 10.1. The van der Waals surface area contributed by atoms with Gasteiger partial charge in [0.15, 0.2) is 0 Å². The van der Waals surface area contributed by atoms with Crippen molar-refractivity contribution in [3.05, 3.63) is 48.8 Å². The van der Waals surface area contributed by atoms with Crippen LogP contribution in [-0.2, 0) is 9.59 Å². The average Bonchev–Trinajstić information content (AvgIpc) is 2.99. The summed E-state index contributed by atoms with van der Waals surface area (Å²) in [7, 11) is 0. The molecule has 0 saturated carbocycles. The van der Waals surface area contributed by atoms with Gasteiger partial charge in [0.1, 0.15) is 0 Å². The highest BCUT2D eigenvalue weighted by atomic mass is 16.4. The third-order valence-corrected chi connectivity index (χ3v) is 3.02. The molecule has 0 spiro atoms. The highest BCUT2D eigenvalue weighted by molar-refractivity contribution is 5.95. The molecule has 0 aliphatic carbocycles. The number of benzene rings is 1. The minimum atomic E-state index is -0.965. The van der Waals surface area contributed by atoms with Gasteiger partial charge in [0.05, 0.1) is 6.04 Å². The van der Waals surface area contributed by atoms with E-state index in [1.165, 1.54) is 0 Å². The van der Waals surface area contributed by atoms with Gasteiger partial charge in [0, 0.05) is 30.2 Å². The number of carbonyl (C=O) groups excluding carboxylic acids is 1. The van der Waals surface area contributed by atoms with E-state index in [4.69, 9.17) is 10.8 Å². The first-order valence-electron chi connectivity index (χ1n) is 6.58. The Labute approximate surface area is 122 Å². The largest absolute Gasteiger partial charge is 0.481 e. The quantitative estimate of drug-likeness (QED) is 0.751. The summed E-state index contributed by atoms with van der Waals surface area (Å²) in [5, 5.41) is 11.3. The Morgan fingerprint density at radius 2 is 1.95 bits per heavy atom. The highest BCUT2D eigenvalue weighted by Gasteiger charge is 2.15. The SMILES string of the molecule is NC(CCC(=O)O)C(=O)Nc1cccc(-n2cccc2)c1. The molecule has 1 aromatic heterocycles. The molecule has 0 aliphatic heterocycles. The number of carboxylic acid groups (broad SMARTS) is 1. The average molecular weight is 287 g/mol. The van der Waals surface area contributed by atoms with Crippen LogP contribution in [0, 0.1) is 0 Å². The normalized spacial score (nSPS) is 11.9. The monoisotopic (exact) mass is 287 g/mol. The molecule has 0 saturated heterocycles. The summed E-state index contributed by atoms with van der Waals surface area (Å²) in [5.74, 6) is -1.35. The molecule has 2 aromatic rings. The third kappa shape index (κ3) is 4.19. The summed E-state index contributed by atoms with van der Waals surface area (Å²) < 4.78 is 1.92. The molecule has 6 nitrogen and oxygen atoms in total. The van der Waals surface area contributed by atoms with E-state index in [2.05, 4.69) is 5.32 Å². The van der Waals surface area contributed by atoms with Gasteiger partial charge in [-0.2, -0.15) is 0 Å². The number of rotatable bonds is 6. The zero-order chi connectivity index (χ0) is 15.2. The van der Waals surface area contributed by atoms with Crippen LogP contribution >= 0.6 is 0 Å². The van der Waals surface area contributed by atoms with Crippen molar-refractivity contribution in [1.29, 1.82) is 0 Å². The zero-order valence-electron chi connectivity index (χ0n) is 11.4. The number of nitrogens with zero attached hydrogens (tertiary/aromatic N) is 1. The molecule has 1 amide bonds. The van der Waals surface area contributed by atoms with Gasteiger partial charge in [0.25, 0.3) is 0 Å². The Balaban J connectivity index is 2.01. The summed E-state index contributed by atoms with van der Waals surface area (Å²) in [6.07, 6.45) is 3.79. The molecule has 1 unspecified atom stereocenters. The Bertz CT molecular complexity index is 623. The molecule has 2 rings (SSSR count). The third-order valence-electron chi connectivity index (χ3n) is 3.02. The van der Waals surface area contributed by atoms with Crippen molar-refractivity contribution >= 4 is 17.6 Å². The fourth-order valence-electron chi connectivity index (χ4n) is 1.90. The molecule has 1 aromatic carbocycles. The molecule has 4 N–H and O–H groups in total. The van der Waals surface area contributed by atoms with Crippen LogP contribution in [0.5, 0.6) is 0 Å². The van der Waals surface area contributed by atoms with Crippen LogP contribution in [0.4, 0.5) is 5.69 Å². The summed E-state index contributed by atoms with van der Waals surface area (Å²) in [5.41, 5.74) is 7.20. The van der Waals surface area contributed by atoms with E-state index < -0.39 is 12.0 Å². The Morgan fingerprint density at radius 3 is 2.62 bits per heavy atom. The molecule has 6 heteroatoms. The van der Waals surface area contributed by atoms with Crippen molar-refractivity contribution in [3.63, 3.8) is 0 Å². The van der Waals surface area contributed by atoms with E-state index in [-0.39, 0.29) is 18.7 Å². The number of hydrogen-bond donors (Lipinski definition) is 3. The number of nitrogens with one attached hydrogen (secondary N) is 1. The minimum Gasteiger partial charge on any atom is -0.481 e. The molecular formula is C15H17N3O3. The summed E-state index contributed by atoms with van der Waals surface area (Å²) in [6, 6.07) is 10.3. The number of carbonyl (C=O) groups is 2. The van der Waals surface area contributed by atoms with E-state index in [1.54, 1.807) is 6.07 Å². The predicted molar refractivity (Wildman–Crippen MR) is 79.2 cm³/mol. The molecule has 0 radical (unpaired) electrons. The number of aliphatic carboxylic acids is 1. The van der Waals surface area contributed by atoms with Gasteiger partial charge in [0.2, 0.25) is 5.91 Å². The van der Waals surface area contributed by atoms with Gasteiger partial charge < -0.3 is 20.7 Å². The van der Waals surface area contributed by atoms with Gasteiger partial charge in [-0.1, -0.05) is 6.07 Å². The van der Waals surface area contributed by atoms with Crippen molar-refractivity contribution in [3.8, 4) is 5.69 Å². The van der Waals surface area contributed by atoms with E-state index in [9.17, 15) is 9.59 Å². The Kier molecular flexibility index (Phi) is 4.73. The predicted octanol–water partition coefficient (Wildman–Crippen LogP) is 1.61. The molecule has 110 valence electrons. The molecule has 1 heterocycles. The van der Waals surface area contributed by atoms with Crippen LogP contribution in [0.2, 0.25) is 0 Å². The zero-order valence-corrected chi connectivity index (χ0v) is 11.4. The van der Waals surface area contributed by atoms with Crippen LogP contribution < -0.4 is 11.1 Å². The number of anilines is 1. The van der Waals surface area contributed by atoms with E-state index in [0.717, 1.165) is 5.69 Å². The van der Waals surface area contributed by atoms with Crippen molar-refractivity contribution < 1.29 is 14.7 Å². The maximum Gasteiger partial charge on any atom is 0.303 e.